The standard InChI is InChI=1S/C18H26N2O3S/c1-2-7-20-12-18(19-24(20,22)23)16-5-6-17(18)10-15-8-13(11-21)3-4-14(15)9-16/h3-4,8,16-17,19,21H,2,5-7,9-12H2,1H3/t16-,17+,18+/m0/s1. The van der Waals surface area contributed by atoms with Crippen LogP contribution in [0.5, 0.6) is 0 Å². The number of nitrogens with one attached hydrogen (secondary N) is 1. The Morgan fingerprint density at radius 3 is 2.62 bits per heavy atom. The van der Waals surface area contributed by atoms with Gasteiger partial charge in [0.15, 0.2) is 0 Å². The molecule has 5 nitrogen and oxygen atoms in total. The van der Waals surface area contributed by atoms with E-state index in [0.29, 0.717) is 24.9 Å². The van der Waals surface area contributed by atoms with Gasteiger partial charge in [0.2, 0.25) is 0 Å². The summed E-state index contributed by atoms with van der Waals surface area (Å²) in [6.07, 6.45) is 4.85. The van der Waals surface area contributed by atoms with Crippen molar-refractivity contribution in [3.05, 3.63) is 34.9 Å². The molecule has 0 radical (unpaired) electrons. The van der Waals surface area contributed by atoms with Crippen LogP contribution in [0.4, 0.5) is 0 Å². The number of hydrogen-bond donors (Lipinski definition) is 2. The second-order valence-electron chi connectivity index (χ2n) is 7.62. The van der Waals surface area contributed by atoms with E-state index in [-0.39, 0.29) is 12.1 Å². The van der Waals surface area contributed by atoms with E-state index in [9.17, 15) is 13.5 Å². The molecule has 132 valence electrons. The van der Waals surface area contributed by atoms with Gasteiger partial charge in [-0.1, -0.05) is 25.1 Å². The Kier molecular flexibility index (Phi) is 3.99. The lowest BCUT2D eigenvalue weighted by molar-refractivity contribution is 0.213. The zero-order valence-electron chi connectivity index (χ0n) is 14.2. The number of aliphatic hydroxyl groups is 1. The molecule has 1 aliphatic heterocycles. The first-order valence-corrected chi connectivity index (χ1v) is 10.4. The maximum absolute atomic E-state index is 12.6. The third kappa shape index (κ3) is 2.43. The summed E-state index contributed by atoms with van der Waals surface area (Å²) in [6.45, 7) is 3.29. The fourth-order valence-electron chi connectivity index (χ4n) is 5.10. The van der Waals surface area contributed by atoms with E-state index < -0.39 is 10.2 Å². The van der Waals surface area contributed by atoms with Crippen LogP contribution in [0.3, 0.4) is 0 Å². The molecule has 1 aromatic carbocycles. The van der Waals surface area contributed by atoms with Gasteiger partial charge < -0.3 is 5.11 Å². The number of benzene rings is 1. The third-order valence-corrected chi connectivity index (χ3v) is 7.91. The highest BCUT2D eigenvalue weighted by molar-refractivity contribution is 7.87. The highest BCUT2D eigenvalue weighted by Gasteiger charge is 2.59. The van der Waals surface area contributed by atoms with Crippen molar-refractivity contribution in [3.8, 4) is 0 Å². The molecule has 2 fully saturated rings. The lowest BCUT2D eigenvalue weighted by Gasteiger charge is -2.33. The Labute approximate surface area is 144 Å². The Morgan fingerprint density at radius 2 is 1.96 bits per heavy atom. The SMILES string of the molecule is CCCN1C[C@]2(NS1(=O)=O)[C@@H]1CC[C@H]2Cc2ccc(CO)cc2C1. The minimum Gasteiger partial charge on any atom is -0.392 e. The first kappa shape index (κ1) is 16.5. The zero-order valence-corrected chi connectivity index (χ0v) is 15.0. The van der Waals surface area contributed by atoms with E-state index >= 15 is 0 Å². The number of hydrogen-bond acceptors (Lipinski definition) is 3. The van der Waals surface area contributed by atoms with Crippen LogP contribution in [0.2, 0.25) is 0 Å². The maximum Gasteiger partial charge on any atom is 0.280 e. The van der Waals surface area contributed by atoms with Crippen LogP contribution in [0.25, 0.3) is 0 Å². The van der Waals surface area contributed by atoms with Crippen LogP contribution in [-0.2, 0) is 29.7 Å². The van der Waals surface area contributed by atoms with Crippen LogP contribution < -0.4 is 4.72 Å². The van der Waals surface area contributed by atoms with Crippen molar-refractivity contribution in [3.63, 3.8) is 0 Å². The predicted octanol–water partition coefficient (Wildman–Crippen LogP) is 1.60. The molecule has 1 saturated heterocycles. The van der Waals surface area contributed by atoms with Crippen molar-refractivity contribution in [1.29, 1.82) is 0 Å². The van der Waals surface area contributed by atoms with E-state index in [0.717, 1.165) is 37.7 Å². The van der Waals surface area contributed by atoms with Gasteiger partial charge in [0.05, 0.1) is 12.1 Å². The monoisotopic (exact) mass is 350 g/mol. The topological polar surface area (TPSA) is 69.6 Å². The Morgan fingerprint density at radius 1 is 1.25 bits per heavy atom. The highest BCUT2D eigenvalue weighted by Crippen LogP contribution is 2.50. The molecule has 3 aliphatic rings. The van der Waals surface area contributed by atoms with Gasteiger partial charge in [0.1, 0.15) is 0 Å². The van der Waals surface area contributed by atoms with Gasteiger partial charge in [-0.15, -0.1) is 0 Å². The first-order chi connectivity index (χ1) is 11.5. The van der Waals surface area contributed by atoms with Crippen LogP contribution in [0, 0.1) is 11.8 Å². The van der Waals surface area contributed by atoms with Crippen molar-refractivity contribution in [2.24, 2.45) is 11.8 Å². The smallest absolute Gasteiger partial charge is 0.280 e. The van der Waals surface area contributed by atoms with Crippen molar-refractivity contribution >= 4 is 10.2 Å². The van der Waals surface area contributed by atoms with Gasteiger partial charge in [-0.25, -0.2) is 0 Å². The van der Waals surface area contributed by atoms with Crippen LogP contribution in [0.15, 0.2) is 18.2 Å². The summed E-state index contributed by atoms with van der Waals surface area (Å²) < 4.78 is 30.0. The largest absolute Gasteiger partial charge is 0.392 e. The molecule has 2 aliphatic carbocycles. The van der Waals surface area contributed by atoms with Gasteiger partial charge in [-0.3, -0.25) is 0 Å². The van der Waals surface area contributed by atoms with Crippen molar-refractivity contribution in [2.45, 2.75) is 51.2 Å². The Hall–Kier alpha value is -0.950. The molecule has 2 N–H and O–H groups in total. The molecule has 0 unspecified atom stereocenters. The summed E-state index contributed by atoms with van der Waals surface area (Å²) in [5.74, 6) is 0.703. The lowest BCUT2D eigenvalue weighted by atomic mass is 9.79. The molecule has 1 heterocycles. The molecule has 3 atom stereocenters. The van der Waals surface area contributed by atoms with Crippen molar-refractivity contribution in [2.75, 3.05) is 13.1 Å². The molecule has 0 aromatic heterocycles. The van der Waals surface area contributed by atoms with Gasteiger partial charge >= 0.3 is 0 Å². The average molecular weight is 350 g/mol. The predicted molar refractivity (Wildman–Crippen MR) is 92.6 cm³/mol. The summed E-state index contributed by atoms with van der Waals surface area (Å²) in [7, 11) is -3.36. The second-order valence-corrected chi connectivity index (χ2v) is 9.29. The second kappa shape index (κ2) is 5.80. The molecule has 2 bridgehead atoms. The highest BCUT2D eigenvalue weighted by atomic mass is 32.2. The van der Waals surface area contributed by atoms with Crippen LogP contribution >= 0.6 is 0 Å². The minimum atomic E-state index is -3.36. The summed E-state index contributed by atoms with van der Waals surface area (Å²) >= 11 is 0. The van der Waals surface area contributed by atoms with E-state index in [2.05, 4.69) is 16.9 Å². The summed E-state index contributed by atoms with van der Waals surface area (Å²) in [6, 6.07) is 6.23. The molecule has 1 spiro atoms. The maximum atomic E-state index is 12.6. The van der Waals surface area contributed by atoms with Gasteiger partial charge in [-0.2, -0.15) is 17.4 Å². The molecule has 1 aromatic rings. The first-order valence-electron chi connectivity index (χ1n) is 8.99. The summed E-state index contributed by atoms with van der Waals surface area (Å²) in [5, 5.41) is 9.41. The third-order valence-electron chi connectivity index (χ3n) is 6.28. The molecule has 6 heteroatoms. The fourth-order valence-corrected chi connectivity index (χ4v) is 6.92. The number of aliphatic hydroxyl groups excluding tert-OH is 1. The van der Waals surface area contributed by atoms with E-state index in [1.54, 1.807) is 4.31 Å². The van der Waals surface area contributed by atoms with Crippen LogP contribution in [0.1, 0.15) is 42.9 Å². The van der Waals surface area contributed by atoms with Gasteiger partial charge in [0, 0.05) is 13.1 Å². The van der Waals surface area contributed by atoms with Crippen molar-refractivity contribution in [1.82, 2.24) is 9.03 Å². The zero-order chi connectivity index (χ0) is 16.9. The van der Waals surface area contributed by atoms with E-state index in [1.165, 1.54) is 11.1 Å². The molecule has 1 saturated carbocycles. The van der Waals surface area contributed by atoms with Gasteiger partial charge in [-0.05, 0) is 60.6 Å². The van der Waals surface area contributed by atoms with E-state index in [4.69, 9.17) is 0 Å². The summed E-state index contributed by atoms with van der Waals surface area (Å²) in [4.78, 5) is 0. The molecular weight excluding hydrogens is 324 g/mol. The van der Waals surface area contributed by atoms with Gasteiger partial charge in [0.25, 0.3) is 10.2 Å². The molecule has 0 amide bonds. The average Bonchev–Trinajstić information content (AvgIpc) is 2.93. The molecular formula is C18H26N2O3S. The normalized spacial score (nSPS) is 34.4. The fraction of sp³-hybridized carbons (Fsp3) is 0.667. The van der Waals surface area contributed by atoms with Crippen LogP contribution in [-0.4, -0.2) is 36.5 Å². The lowest BCUT2D eigenvalue weighted by Crippen LogP contribution is -2.52. The number of rotatable bonds is 3. The molecule has 24 heavy (non-hydrogen) atoms. The Bertz CT molecular complexity index is 749. The minimum absolute atomic E-state index is 0.0590. The summed E-state index contributed by atoms with van der Waals surface area (Å²) in [5.41, 5.74) is 3.25. The van der Waals surface area contributed by atoms with E-state index in [1.807, 2.05) is 13.0 Å². The number of nitrogens with zero attached hydrogens (tertiary/aromatic N) is 1. The number of fused-ring (bicyclic) bond motifs is 1. The quantitative estimate of drug-likeness (QED) is 0.870. The Balaban J connectivity index is 1.71. The van der Waals surface area contributed by atoms with Crippen molar-refractivity contribution < 1.29 is 13.5 Å². The molecule has 4 rings (SSSR count).